The first kappa shape index (κ1) is 14.6. The molecule has 0 spiro atoms. The normalized spacial score (nSPS) is 16.7. The van der Waals surface area contributed by atoms with Crippen LogP contribution in [0.1, 0.15) is 54.9 Å². The average molecular weight is 341 g/mol. The summed E-state index contributed by atoms with van der Waals surface area (Å²) < 4.78 is 1.16. The highest BCUT2D eigenvalue weighted by Gasteiger charge is 2.21. The fourth-order valence-electron chi connectivity index (χ4n) is 3.07. The fraction of sp³-hybridized carbons (Fsp3) is 0.300. The van der Waals surface area contributed by atoms with Crippen LogP contribution < -0.4 is 0 Å². The van der Waals surface area contributed by atoms with E-state index in [0.29, 0.717) is 5.92 Å². The van der Waals surface area contributed by atoms with Gasteiger partial charge in [-0.25, -0.2) is 0 Å². The quantitative estimate of drug-likeness (QED) is 0.609. The van der Waals surface area contributed by atoms with Crippen molar-refractivity contribution in [3.05, 3.63) is 75.3 Å². The summed E-state index contributed by atoms with van der Waals surface area (Å²) in [6.45, 7) is 4.52. The molecule has 0 heterocycles. The zero-order chi connectivity index (χ0) is 14.8. The Morgan fingerprint density at radius 2 is 1.81 bits per heavy atom. The second-order valence-corrected chi connectivity index (χ2v) is 6.82. The number of fused-ring (bicyclic) bond motifs is 1. The van der Waals surface area contributed by atoms with E-state index in [1.54, 1.807) is 0 Å². The highest BCUT2D eigenvalue weighted by Crippen LogP contribution is 2.40. The molecule has 0 N–H and O–H groups in total. The fourth-order valence-corrected chi connectivity index (χ4v) is 3.45. The Hall–Kier alpha value is -1.34. The van der Waals surface area contributed by atoms with Gasteiger partial charge in [0.05, 0.1) is 0 Å². The molecule has 0 fully saturated rings. The first-order chi connectivity index (χ1) is 10.2. The van der Waals surface area contributed by atoms with Crippen molar-refractivity contribution >= 4 is 21.5 Å². The van der Waals surface area contributed by atoms with Gasteiger partial charge < -0.3 is 0 Å². The van der Waals surface area contributed by atoms with Gasteiger partial charge in [0, 0.05) is 10.4 Å². The van der Waals surface area contributed by atoms with E-state index in [4.69, 9.17) is 0 Å². The minimum atomic E-state index is 0.493. The van der Waals surface area contributed by atoms with E-state index in [-0.39, 0.29) is 0 Å². The number of halogens is 1. The number of allylic oxidation sites excluding steroid dienone is 1. The Kier molecular flexibility index (Phi) is 4.30. The highest BCUT2D eigenvalue weighted by molar-refractivity contribution is 9.10. The van der Waals surface area contributed by atoms with Crippen LogP contribution >= 0.6 is 15.9 Å². The van der Waals surface area contributed by atoms with Crippen molar-refractivity contribution in [3.63, 3.8) is 0 Å². The van der Waals surface area contributed by atoms with E-state index >= 15 is 0 Å². The molecule has 2 aromatic rings. The Morgan fingerprint density at radius 1 is 1.05 bits per heavy atom. The molecular weight excluding hydrogens is 320 g/mol. The van der Waals surface area contributed by atoms with Crippen molar-refractivity contribution in [2.24, 2.45) is 0 Å². The van der Waals surface area contributed by atoms with Crippen LogP contribution in [0.2, 0.25) is 0 Å². The van der Waals surface area contributed by atoms with Gasteiger partial charge in [0.2, 0.25) is 0 Å². The monoisotopic (exact) mass is 340 g/mol. The maximum absolute atomic E-state index is 3.58. The molecule has 1 aliphatic rings. The summed E-state index contributed by atoms with van der Waals surface area (Å²) in [6.07, 6.45) is 6.11. The van der Waals surface area contributed by atoms with E-state index in [9.17, 15) is 0 Å². The van der Waals surface area contributed by atoms with Gasteiger partial charge in [-0.05, 0) is 52.8 Å². The van der Waals surface area contributed by atoms with Crippen LogP contribution in [0.4, 0.5) is 0 Å². The van der Waals surface area contributed by atoms with Gasteiger partial charge in [0.1, 0.15) is 0 Å². The molecule has 21 heavy (non-hydrogen) atoms. The molecule has 108 valence electrons. The van der Waals surface area contributed by atoms with Crippen LogP contribution in [0.25, 0.3) is 5.57 Å². The molecule has 0 aliphatic heterocycles. The summed E-state index contributed by atoms with van der Waals surface area (Å²) in [4.78, 5) is 0. The number of benzene rings is 2. The zero-order valence-electron chi connectivity index (χ0n) is 12.7. The van der Waals surface area contributed by atoms with Gasteiger partial charge in [0.15, 0.2) is 0 Å². The smallest absolute Gasteiger partial charge is 0.0178 e. The van der Waals surface area contributed by atoms with E-state index < -0.39 is 0 Å². The SMILES string of the molecule is CCCCc1ccc(C2=CC(C)c3cc(Br)ccc32)cc1. The van der Waals surface area contributed by atoms with Gasteiger partial charge in [-0.15, -0.1) is 0 Å². The second-order valence-electron chi connectivity index (χ2n) is 5.90. The predicted molar refractivity (Wildman–Crippen MR) is 94.7 cm³/mol. The number of hydrogen-bond donors (Lipinski definition) is 0. The van der Waals surface area contributed by atoms with Gasteiger partial charge in [0.25, 0.3) is 0 Å². The summed E-state index contributed by atoms with van der Waals surface area (Å²) >= 11 is 3.58. The molecule has 0 radical (unpaired) electrons. The third-order valence-electron chi connectivity index (χ3n) is 4.29. The third-order valence-corrected chi connectivity index (χ3v) is 4.79. The highest BCUT2D eigenvalue weighted by atomic mass is 79.9. The molecule has 0 amide bonds. The standard InChI is InChI=1S/C20H21Br/c1-3-4-5-15-6-8-16(9-7-15)20-12-14(2)19-13-17(21)10-11-18(19)20/h6-14H,3-5H2,1-2H3. The van der Waals surface area contributed by atoms with Crippen molar-refractivity contribution in [2.75, 3.05) is 0 Å². The summed E-state index contributed by atoms with van der Waals surface area (Å²) in [5, 5.41) is 0. The van der Waals surface area contributed by atoms with Crippen molar-refractivity contribution in [1.29, 1.82) is 0 Å². The molecule has 1 aliphatic carbocycles. The lowest BCUT2D eigenvalue weighted by molar-refractivity contribution is 0.795. The Bertz CT molecular complexity index is 665. The van der Waals surface area contributed by atoms with Crippen LogP contribution in [0.15, 0.2) is 53.0 Å². The molecule has 0 saturated heterocycles. The molecule has 1 unspecified atom stereocenters. The summed E-state index contributed by atoms with van der Waals surface area (Å²) in [7, 11) is 0. The van der Waals surface area contributed by atoms with Crippen LogP contribution in [0.5, 0.6) is 0 Å². The maximum Gasteiger partial charge on any atom is 0.0178 e. The van der Waals surface area contributed by atoms with Gasteiger partial charge >= 0.3 is 0 Å². The van der Waals surface area contributed by atoms with E-state index in [1.165, 1.54) is 47.1 Å². The van der Waals surface area contributed by atoms with Gasteiger partial charge in [-0.2, -0.15) is 0 Å². The Labute approximate surface area is 136 Å². The lowest BCUT2D eigenvalue weighted by Crippen LogP contribution is -1.90. The van der Waals surface area contributed by atoms with E-state index in [2.05, 4.69) is 78.3 Å². The van der Waals surface area contributed by atoms with E-state index in [1.807, 2.05) is 0 Å². The average Bonchev–Trinajstić information content (AvgIpc) is 2.82. The summed E-state index contributed by atoms with van der Waals surface area (Å²) in [6, 6.07) is 15.8. The topological polar surface area (TPSA) is 0 Å². The first-order valence-electron chi connectivity index (χ1n) is 7.80. The number of unbranched alkanes of at least 4 members (excludes halogenated alkanes) is 1. The number of rotatable bonds is 4. The van der Waals surface area contributed by atoms with Crippen molar-refractivity contribution < 1.29 is 0 Å². The van der Waals surface area contributed by atoms with E-state index in [0.717, 1.165) is 4.47 Å². The Balaban J connectivity index is 1.90. The predicted octanol–water partition coefficient (Wildman–Crippen LogP) is 6.34. The lowest BCUT2D eigenvalue weighted by Gasteiger charge is -2.08. The van der Waals surface area contributed by atoms with Crippen molar-refractivity contribution in [2.45, 2.75) is 39.0 Å². The number of aryl methyl sites for hydroxylation is 1. The second kappa shape index (κ2) is 6.19. The van der Waals surface area contributed by atoms with Gasteiger partial charge in [-0.3, -0.25) is 0 Å². The van der Waals surface area contributed by atoms with Crippen molar-refractivity contribution in [3.8, 4) is 0 Å². The van der Waals surface area contributed by atoms with Crippen LogP contribution in [-0.2, 0) is 6.42 Å². The molecule has 0 nitrogen and oxygen atoms in total. The largest absolute Gasteiger partial charge is 0.0688 e. The lowest BCUT2D eigenvalue weighted by atomic mass is 9.97. The maximum atomic E-state index is 3.58. The van der Waals surface area contributed by atoms with Crippen molar-refractivity contribution in [1.82, 2.24) is 0 Å². The van der Waals surface area contributed by atoms with Gasteiger partial charge in [-0.1, -0.05) is 72.6 Å². The molecule has 0 aromatic heterocycles. The minimum Gasteiger partial charge on any atom is -0.0688 e. The molecule has 1 atom stereocenters. The molecule has 1 heteroatoms. The minimum absolute atomic E-state index is 0.493. The number of hydrogen-bond acceptors (Lipinski definition) is 0. The third kappa shape index (κ3) is 2.98. The molecular formula is C20H21Br. The van der Waals surface area contributed by atoms with Crippen LogP contribution in [0, 0.1) is 0 Å². The summed E-state index contributed by atoms with van der Waals surface area (Å²) in [5.41, 5.74) is 6.97. The van der Waals surface area contributed by atoms with Crippen LogP contribution in [-0.4, -0.2) is 0 Å². The molecule has 3 rings (SSSR count). The Morgan fingerprint density at radius 3 is 2.52 bits per heavy atom. The first-order valence-corrected chi connectivity index (χ1v) is 8.59. The van der Waals surface area contributed by atoms with Crippen LogP contribution in [0.3, 0.4) is 0 Å². The summed E-state index contributed by atoms with van der Waals surface area (Å²) in [5.74, 6) is 0.493. The molecule has 0 saturated carbocycles. The molecule has 0 bridgehead atoms. The zero-order valence-corrected chi connectivity index (χ0v) is 14.3. The molecule has 2 aromatic carbocycles.